The van der Waals surface area contributed by atoms with Crippen LogP contribution in [0.25, 0.3) is 0 Å². The highest BCUT2D eigenvalue weighted by atomic mass is 35.5. The average molecular weight is 404 g/mol. The molecule has 0 aliphatic heterocycles. The lowest BCUT2D eigenvalue weighted by Crippen LogP contribution is -2.20. The molecule has 3 rings (SSSR count). The molecule has 0 bridgehead atoms. The van der Waals surface area contributed by atoms with Gasteiger partial charge < -0.3 is 10.1 Å². The van der Waals surface area contributed by atoms with E-state index in [1.807, 2.05) is 54.6 Å². The number of hydrogen-bond donors (Lipinski definition) is 1. The summed E-state index contributed by atoms with van der Waals surface area (Å²) in [5, 5.41) is 3.79. The van der Waals surface area contributed by atoms with E-state index in [1.54, 1.807) is 30.0 Å². The van der Waals surface area contributed by atoms with Crippen molar-refractivity contribution >= 4 is 46.6 Å². The van der Waals surface area contributed by atoms with Gasteiger partial charge in [0.05, 0.1) is 5.69 Å². The van der Waals surface area contributed by atoms with E-state index >= 15 is 0 Å². The molecule has 1 N–H and O–H groups in total. The van der Waals surface area contributed by atoms with Gasteiger partial charge in [0.2, 0.25) is 0 Å². The Morgan fingerprint density at radius 1 is 0.923 bits per heavy atom. The van der Waals surface area contributed by atoms with Crippen molar-refractivity contribution in [1.29, 1.82) is 0 Å². The summed E-state index contributed by atoms with van der Waals surface area (Å²) in [6.45, 7) is -0.138. The fourth-order valence-corrected chi connectivity index (χ4v) is 3.65. The predicted octanol–water partition coefficient (Wildman–Crippen LogP) is 6.16. The molecule has 3 aromatic carbocycles. The molecule has 3 aromatic rings. The van der Waals surface area contributed by atoms with Crippen LogP contribution in [0.5, 0.6) is 5.75 Å². The summed E-state index contributed by atoms with van der Waals surface area (Å²) in [5.41, 5.74) is 0.735. The Labute approximate surface area is 166 Å². The Hall–Kier alpha value is -2.14. The molecule has 0 spiro atoms. The van der Waals surface area contributed by atoms with Gasteiger partial charge in [-0.2, -0.15) is 0 Å². The number of rotatable bonds is 6. The van der Waals surface area contributed by atoms with Gasteiger partial charge in [-0.15, -0.1) is 0 Å². The van der Waals surface area contributed by atoms with Crippen molar-refractivity contribution in [2.45, 2.75) is 9.79 Å². The lowest BCUT2D eigenvalue weighted by molar-refractivity contribution is -0.118. The number of ether oxygens (including phenoxy) is 1. The Bertz CT molecular complexity index is 883. The minimum absolute atomic E-state index is 0.138. The Morgan fingerprint density at radius 3 is 2.31 bits per heavy atom. The van der Waals surface area contributed by atoms with Crippen LogP contribution in [0.3, 0.4) is 0 Å². The number of anilines is 1. The van der Waals surface area contributed by atoms with E-state index in [9.17, 15) is 4.79 Å². The summed E-state index contributed by atoms with van der Waals surface area (Å²) >= 11 is 13.4. The SMILES string of the molecule is O=C(COc1cc(Cl)cc(Cl)c1)Nc1ccccc1Sc1ccccc1. The average Bonchev–Trinajstić information content (AvgIpc) is 2.62. The van der Waals surface area contributed by atoms with Gasteiger partial charge in [-0.1, -0.05) is 65.3 Å². The summed E-state index contributed by atoms with van der Waals surface area (Å²) < 4.78 is 5.47. The van der Waals surface area contributed by atoms with Crippen LogP contribution in [0.4, 0.5) is 5.69 Å². The zero-order valence-electron chi connectivity index (χ0n) is 13.6. The Morgan fingerprint density at radius 2 is 1.58 bits per heavy atom. The van der Waals surface area contributed by atoms with Gasteiger partial charge in [-0.05, 0) is 42.5 Å². The smallest absolute Gasteiger partial charge is 0.262 e. The molecular weight excluding hydrogens is 389 g/mol. The summed E-state index contributed by atoms with van der Waals surface area (Å²) in [6, 6.07) is 22.4. The second-order valence-electron chi connectivity index (χ2n) is 5.35. The standard InChI is InChI=1S/C20H15Cl2NO2S/c21-14-10-15(22)12-16(11-14)25-13-20(24)23-18-8-4-5-9-19(18)26-17-6-2-1-3-7-17/h1-12H,13H2,(H,23,24). The van der Waals surface area contributed by atoms with Crippen molar-refractivity contribution in [2.24, 2.45) is 0 Å². The van der Waals surface area contributed by atoms with Gasteiger partial charge in [-0.3, -0.25) is 4.79 Å². The quantitative estimate of drug-likeness (QED) is 0.535. The topological polar surface area (TPSA) is 38.3 Å². The number of nitrogens with one attached hydrogen (secondary N) is 1. The van der Waals surface area contributed by atoms with Crippen molar-refractivity contribution in [3.8, 4) is 5.75 Å². The molecule has 6 heteroatoms. The molecule has 1 amide bonds. The highest BCUT2D eigenvalue weighted by Crippen LogP contribution is 2.33. The third-order valence-electron chi connectivity index (χ3n) is 3.34. The number of halogens is 2. The van der Waals surface area contributed by atoms with Crippen molar-refractivity contribution < 1.29 is 9.53 Å². The first-order chi connectivity index (χ1) is 12.6. The second-order valence-corrected chi connectivity index (χ2v) is 7.34. The molecule has 0 aliphatic rings. The highest BCUT2D eigenvalue weighted by Gasteiger charge is 2.09. The van der Waals surface area contributed by atoms with Crippen molar-refractivity contribution in [2.75, 3.05) is 11.9 Å². The van der Waals surface area contributed by atoms with Crippen molar-refractivity contribution in [3.05, 3.63) is 82.8 Å². The lowest BCUT2D eigenvalue weighted by atomic mass is 10.3. The molecule has 0 saturated carbocycles. The largest absolute Gasteiger partial charge is 0.484 e. The lowest BCUT2D eigenvalue weighted by Gasteiger charge is -2.12. The van der Waals surface area contributed by atoms with E-state index in [2.05, 4.69) is 5.32 Å². The summed E-state index contributed by atoms with van der Waals surface area (Å²) in [7, 11) is 0. The van der Waals surface area contributed by atoms with E-state index in [0.717, 1.165) is 15.5 Å². The Balaban J connectivity index is 1.64. The summed E-state index contributed by atoms with van der Waals surface area (Å²) in [4.78, 5) is 14.3. The van der Waals surface area contributed by atoms with E-state index in [1.165, 1.54) is 0 Å². The van der Waals surface area contributed by atoms with E-state index in [-0.39, 0.29) is 12.5 Å². The predicted molar refractivity (Wildman–Crippen MR) is 108 cm³/mol. The van der Waals surface area contributed by atoms with Gasteiger partial charge in [0, 0.05) is 19.8 Å². The van der Waals surface area contributed by atoms with Gasteiger partial charge in [0.25, 0.3) is 5.91 Å². The number of carbonyl (C=O) groups is 1. The number of carbonyl (C=O) groups excluding carboxylic acids is 1. The zero-order chi connectivity index (χ0) is 18.4. The van der Waals surface area contributed by atoms with Crippen LogP contribution in [0.2, 0.25) is 10.0 Å². The molecule has 26 heavy (non-hydrogen) atoms. The minimum atomic E-state index is -0.262. The van der Waals surface area contributed by atoms with E-state index < -0.39 is 0 Å². The number of benzene rings is 3. The normalized spacial score (nSPS) is 10.4. The van der Waals surface area contributed by atoms with Gasteiger partial charge in [-0.25, -0.2) is 0 Å². The number of hydrogen-bond acceptors (Lipinski definition) is 3. The number of para-hydroxylation sites is 1. The fraction of sp³-hybridized carbons (Fsp3) is 0.0500. The van der Waals surface area contributed by atoms with Crippen LogP contribution in [0.1, 0.15) is 0 Å². The fourth-order valence-electron chi connectivity index (χ4n) is 2.22. The molecule has 0 heterocycles. The molecule has 0 unspecified atom stereocenters. The first kappa shape index (κ1) is 18.6. The van der Waals surface area contributed by atoms with Crippen LogP contribution in [-0.4, -0.2) is 12.5 Å². The van der Waals surface area contributed by atoms with Crippen LogP contribution in [0.15, 0.2) is 82.6 Å². The maximum Gasteiger partial charge on any atom is 0.262 e. The summed E-state index contributed by atoms with van der Waals surface area (Å²) in [5.74, 6) is 0.187. The molecule has 0 aliphatic carbocycles. The van der Waals surface area contributed by atoms with E-state index in [0.29, 0.717) is 15.8 Å². The van der Waals surface area contributed by atoms with E-state index in [4.69, 9.17) is 27.9 Å². The van der Waals surface area contributed by atoms with Crippen LogP contribution < -0.4 is 10.1 Å². The third kappa shape index (κ3) is 5.43. The first-order valence-electron chi connectivity index (χ1n) is 7.81. The monoisotopic (exact) mass is 403 g/mol. The summed E-state index contributed by atoms with van der Waals surface area (Å²) in [6.07, 6.45) is 0. The molecule has 132 valence electrons. The highest BCUT2D eigenvalue weighted by molar-refractivity contribution is 7.99. The molecule has 0 aromatic heterocycles. The van der Waals surface area contributed by atoms with Gasteiger partial charge >= 0.3 is 0 Å². The zero-order valence-corrected chi connectivity index (χ0v) is 15.9. The maximum absolute atomic E-state index is 12.2. The van der Waals surface area contributed by atoms with Gasteiger partial charge in [0.15, 0.2) is 6.61 Å². The molecule has 0 atom stereocenters. The molecule has 3 nitrogen and oxygen atoms in total. The van der Waals surface area contributed by atoms with Gasteiger partial charge in [0.1, 0.15) is 5.75 Å². The minimum Gasteiger partial charge on any atom is -0.484 e. The number of amides is 1. The first-order valence-corrected chi connectivity index (χ1v) is 9.38. The maximum atomic E-state index is 12.2. The third-order valence-corrected chi connectivity index (χ3v) is 4.86. The Kier molecular flexibility index (Phi) is 6.45. The second kappa shape index (κ2) is 8.99. The van der Waals surface area contributed by atoms with Crippen LogP contribution >= 0.6 is 35.0 Å². The molecule has 0 radical (unpaired) electrons. The molecular formula is C20H15Cl2NO2S. The van der Waals surface area contributed by atoms with Crippen LogP contribution in [-0.2, 0) is 4.79 Å². The van der Waals surface area contributed by atoms with Crippen LogP contribution in [0, 0.1) is 0 Å². The van der Waals surface area contributed by atoms with Crippen molar-refractivity contribution in [3.63, 3.8) is 0 Å². The van der Waals surface area contributed by atoms with Crippen molar-refractivity contribution in [1.82, 2.24) is 0 Å². The molecule has 0 fully saturated rings. The molecule has 0 saturated heterocycles.